The first-order valence-electron chi connectivity index (χ1n) is 6.82. The van der Waals surface area contributed by atoms with Crippen LogP contribution in [0.3, 0.4) is 0 Å². The van der Waals surface area contributed by atoms with E-state index >= 15 is 0 Å². The molecule has 0 saturated carbocycles. The average molecular weight is 247 g/mol. The van der Waals surface area contributed by atoms with E-state index in [1.807, 2.05) is 6.20 Å². The minimum Gasteiger partial charge on any atom is -0.368 e. The standard InChI is InChI=1S/C13H21N5/c1-10-8-15-13(14)16-12(10)18-7-3-6-17-5-2-4-11(17)9-18/h8,11H,2-7,9H2,1H3,(H2,14,15,16). The molecule has 3 rings (SSSR count). The van der Waals surface area contributed by atoms with Gasteiger partial charge in [0.05, 0.1) is 0 Å². The lowest BCUT2D eigenvalue weighted by Gasteiger charge is -2.27. The fourth-order valence-corrected chi connectivity index (χ4v) is 3.17. The van der Waals surface area contributed by atoms with E-state index in [1.54, 1.807) is 0 Å². The fourth-order valence-electron chi connectivity index (χ4n) is 3.17. The summed E-state index contributed by atoms with van der Waals surface area (Å²) in [6.07, 6.45) is 5.69. The minimum absolute atomic E-state index is 0.378. The number of nitrogens with two attached hydrogens (primary N) is 1. The van der Waals surface area contributed by atoms with Crippen LogP contribution in [0.25, 0.3) is 0 Å². The topological polar surface area (TPSA) is 58.3 Å². The Kier molecular flexibility index (Phi) is 3.07. The molecule has 0 radical (unpaired) electrons. The maximum atomic E-state index is 5.72. The lowest BCUT2D eigenvalue weighted by molar-refractivity contribution is 0.273. The van der Waals surface area contributed by atoms with Crippen molar-refractivity contribution < 1.29 is 0 Å². The van der Waals surface area contributed by atoms with Crippen LogP contribution in [0.2, 0.25) is 0 Å². The van der Waals surface area contributed by atoms with E-state index in [2.05, 4.69) is 26.7 Å². The summed E-state index contributed by atoms with van der Waals surface area (Å²) in [5.74, 6) is 1.40. The number of aromatic nitrogens is 2. The van der Waals surface area contributed by atoms with E-state index in [4.69, 9.17) is 5.73 Å². The lowest BCUT2D eigenvalue weighted by atomic mass is 10.2. The first-order valence-corrected chi connectivity index (χ1v) is 6.82. The van der Waals surface area contributed by atoms with Crippen LogP contribution in [0, 0.1) is 6.92 Å². The van der Waals surface area contributed by atoms with Crippen molar-refractivity contribution in [1.29, 1.82) is 0 Å². The zero-order chi connectivity index (χ0) is 12.5. The van der Waals surface area contributed by atoms with Gasteiger partial charge in [-0.2, -0.15) is 4.98 Å². The SMILES string of the molecule is Cc1cnc(N)nc1N1CCCN2CCCC2C1. The van der Waals surface area contributed by atoms with E-state index < -0.39 is 0 Å². The van der Waals surface area contributed by atoms with Crippen molar-refractivity contribution in [3.8, 4) is 0 Å². The second-order valence-electron chi connectivity index (χ2n) is 5.37. The Hall–Kier alpha value is -1.36. The van der Waals surface area contributed by atoms with Gasteiger partial charge in [-0.1, -0.05) is 0 Å². The Labute approximate surface area is 108 Å². The van der Waals surface area contributed by atoms with Gasteiger partial charge >= 0.3 is 0 Å². The van der Waals surface area contributed by atoms with Gasteiger partial charge in [0.2, 0.25) is 5.95 Å². The number of anilines is 2. The van der Waals surface area contributed by atoms with Gasteiger partial charge in [-0.15, -0.1) is 0 Å². The summed E-state index contributed by atoms with van der Waals surface area (Å²) in [5, 5.41) is 0. The maximum absolute atomic E-state index is 5.72. The Morgan fingerprint density at radius 1 is 1.28 bits per heavy atom. The summed E-state index contributed by atoms with van der Waals surface area (Å²) >= 11 is 0. The number of nitrogen functional groups attached to an aromatic ring is 1. The molecule has 0 aliphatic carbocycles. The van der Waals surface area contributed by atoms with Gasteiger partial charge in [0, 0.05) is 37.4 Å². The van der Waals surface area contributed by atoms with Crippen molar-refractivity contribution in [3.05, 3.63) is 11.8 Å². The Morgan fingerprint density at radius 2 is 2.11 bits per heavy atom. The Bertz CT molecular complexity index is 433. The number of aryl methyl sites for hydroxylation is 1. The largest absolute Gasteiger partial charge is 0.368 e. The number of rotatable bonds is 1. The molecule has 5 heteroatoms. The van der Waals surface area contributed by atoms with Gasteiger partial charge in [0.1, 0.15) is 5.82 Å². The quantitative estimate of drug-likeness (QED) is 0.803. The highest BCUT2D eigenvalue weighted by Gasteiger charge is 2.29. The third kappa shape index (κ3) is 2.14. The molecule has 1 aromatic heterocycles. The predicted molar refractivity (Wildman–Crippen MR) is 72.6 cm³/mol. The molecule has 0 spiro atoms. The molecule has 0 aromatic carbocycles. The first-order chi connectivity index (χ1) is 8.74. The summed E-state index contributed by atoms with van der Waals surface area (Å²) in [5.41, 5.74) is 6.84. The van der Waals surface area contributed by atoms with Crippen molar-refractivity contribution in [2.24, 2.45) is 0 Å². The molecule has 2 saturated heterocycles. The molecule has 18 heavy (non-hydrogen) atoms. The van der Waals surface area contributed by atoms with Gasteiger partial charge in [-0.05, 0) is 32.7 Å². The van der Waals surface area contributed by atoms with Crippen LogP contribution in [0.1, 0.15) is 24.8 Å². The summed E-state index contributed by atoms with van der Waals surface area (Å²) in [6, 6.07) is 0.697. The molecular weight excluding hydrogens is 226 g/mol. The number of hydrogen-bond donors (Lipinski definition) is 1. The van der Waals surface area contributed by atoms with Gasteiger partial charge < -0.3 is 10.6 Å². The highest BCUT2D eigenvalue weighted by molar-refractivity contribution is 5.48. The zero-order valence-corrected chi connectivity index (χ0v) is 11.0. The van der Waals surface area contributed by atoms with E-state index in [0.29, 0.717) is 12.0 Å². The Balaban J connectivity index is 1.84. The second-order valence-corrected chi connectivity index (χ2v) is 5.37. The molecule has 3 heterocycles. The van der Waals surface area contributed by atoms with Crippen LogP contribution in [-0.2, 0) is 0 Å². The van der Waals surface area contributed by atoms with Crippen LogP contribution in [0.15, 0.2) is 6.20 Å². The van der Waals surface area contributed by atoms with Crippen LogP contribution < -0.4 is 10.6 Å². The van der Waals surface area contributed by atoms with E-state index in [1.165, 1.54) is 32.4 Å². The van der Waals surface area contributed by atoms with E-state index in [9.17, 15) is 0 Å². The van der Waals surface area contributed by atoms with Crippen molar-refractivity contribution in [1.82, 2.24) is 14.9 Å². The normalized spacial score (nSPS) is 24.9. The van der Waals surface area contributed by atoms with Crippen LogP contribution in [0.4, 0.5) is 11.8 Å². The summed E-state index contributed by atoms with van der Waals surface area (Å²) in [4.78, 5) is 13.5. The van der Waals surface area contributed by atoms with E-state index in [-0.39, 0.29) is 0 Å². The van der Waals surface area contributed by atoms with Crippen molar-refractivity contribution in [2.75, 3.05) is 36.8 Å². The second kappa shape index (κ2) is 4.72. The third-order valence-corrected chi connectivity index (χ3v) is 4.07. The lowest BCUT2D eigenvalue weighted by Crippen LogP contribution is -2.37. The monoisotopic (exact) mass is 247 g/mol. The molecule has 5 nitrogen and oxygen atoms in total. The third-order valence-electron chi connectivity index (χ3n) is 4.07. The van der Waals surface area contributed by atoms with Crippen LogP contribution in [-0.4, -0.2) is 47.1 Å². The molecule has 1 aromatic rings. The minimum atomic E-state index is 0.378. The van der Waals surface area contributed by atoms with Gasteiger partial charge in [-0.3, -0.25) is 4.90 Å². The van der Waals surface area contributed by atoms with Crippen molar-refractivity contribution in [2.45, 2.75) is 32.2 Å². The Morgan fingerprint density at radius 3 is 3.00 bits per heavy atom. The fraction of sp³-hybridized carbons (Fsp3) is 0.692. The molecule has 1 unspecified atom stereocenters. The smallest absolute Gasteiger partial charge is 0.221 e. The van der Waals surface area contributed by atoms with Crippen LogP contribution >= 0.6 is 0 Å². The molecular formula is C13H21N5. The molecule has 1 atom stereocenters. The summed E-state index contributed by atoms with van der Waals surface area (Å²) in [6.45, 7) is 6.71. The molecule has 2 aliphatic heterocycles. The predicted octanol–water partition coefficient (Wildman–Crippen LogP) is 1.04. The average Bonchev–Trinajstić information content (AvgIpc) is 2.70. The maximum Gasteiger partial charge on any atom is 0.221 e. The van der Waals surface area contributed by atoms with Gasteiger partial charge in [-0.25, -0.2) is 4.98 Å². The zero-order valence-electron chi connectivity index (χ0n) is 11.0. The molecule has 2 aliphatic rings. The van der Waals surface area contributed by atoms with Crippen LogP contribution in [0.5, 0.6) is 0 Å². The summed E-state index contributed by atoms with van der Waals surface area (Å²) < 4.78 is 0. The first kappa shape index (κ1) is 11.7. The highest BCUT2D eigenvalue weighted by atomic mass is 15.3. The highest BCUT2D eigenvalue weighted by Crippen LogP contribution is 2.25. The number of fused-ring (bicyclic) bond motifs is 1. The van der Waals surface area contributed by atoms with Gasteiger partial charge in [0.25, 0.3) is 0 Å². The van der Waals surface area contributed by atoms with Crippen molar-refractivity contribution in [3.63, 3.8) is 0 Å². The molecule has 2 N–H and O–H groups in total. The van der Waals surface area contributed by atoms with Crippen molar-refractivity contribution >= 4 is 11.8 Å². The summed E-state index contributed by atoms with van der Waals surface area (Å²) in [7, 11) is 0. The number of nitrogens with zero attached hydrogens (tertiary/aromatic N) is 4. The van der Waals surface area contributed by atoms with E-state index in [0.717, 1.165) is 24.5 Å². The van der Waals surface area contributed by atoms with Gasteiger partial charge in [0.15, 0.2) is 0 Å². The molecule has 0 bridgehead atoms. The molecule has 98 valence electrons. The molecule has 0 amide bonds. The number of hydrogen-bond acceptors (Lipinski definition) is 5. The molecule has 2 fully saturated rings.